The molecular weight excluding hydrogens is 266 g/mol. The molecule has 19 heavy (non-hydrogen) atoms. The lowest BCUT2D eigenvalue weighted by molar-refractivity contribution is 0.620. The van der Waals surface area contributed by atoms with Crippen molar-refractivity contribution in [3.05, 3.63) is 29.9 Å². The van der Waals surface area contributed by atoms with Crippen LogP contribution < -0.4 is 16.6 Å². The second kappa shape index (κ2) is 6.91. The fourth-order valence-electron chi connectivity index (χ4n) is 1.61. The number of hydrogen-bond acceptors (Lipinski definition) is 6. The van der Waals surface area contributed by atoms with Crippen molar-refractivity contribution in [3.8, 4) is 0 Å². The van der Waals surface area contributed by atoms with Crippen LogP contribution in [0.2, 0.25) is 5.02 Å². The number of imidazole rings is 1. The number of anilines is 2. The molecule has 102 valence electrons. The van der Waals surface area contributed by atoms with E-state index >= 15 is 0 Å². The summed E-state index contributed by atoms with van der Waals surface area (Å²) in [5.74, 6) is 6.17. The molecule has 7 nitrogen and oxygen atoms in total. The molecule has 0 bridgehead atoms. The van der Waals surface area contributed by atoms with E-state index in [1.54, 1.807) is 6.20 Å². The lowest BCUT2D eigenvalue weighted by Gasteiger charge is -2.08. The molecule has 0 amide bonds. The zero-order chi connectivity index (χ0) is 13.5. The highest BCUT2D eigenvalue weighted by Gasteiger charge is 2.03. The summed E-state index contributed by atoms with van der Waals surface area (Å²) in [5.41, 5.74) is 2.38. The van der Waals surface area contributed by atoms with Crippen LogP contribution in [-0.2, 0) is 6.54 Å². The monoisotopic (exact) mass is 281 g/mol. The number of nitrogen functional groups attached to an aromatic ring is 1. The maximum Gasteiger partial charge on any atom is 0.239 e. The zero-order valence-electron chi connectivity index (χ0n) is 10.4. The number of nitrogens with zero attached hydrogens (tertiary/aromatic N) is 4. The van der Waals surface area contributed by atoms with Gasteiger partial charge in [0, 0.05) is 25.5 Å². The molecule has 0 aromatic carbocycles. The standard InChI is InChI=1S/C11H16ClN7/c12-9-7-16-11(18-13)17-10(9)15-3-1-2-5-19-6-4-14-8-19/h4,6-8H,1-3,5,13H2,(H2,15,16,17,18). The number of hydrazine groups is 1. The third kappa shape index (κ3) is 4.08. The molecule has 0 radical (unpaired) electrons. The van der Waals surface area contributed by atoms with Crippen LogP contribution in [0.15, 0.2) is 24.9 Å². The van der Waals surface area contributed by atoms with Crippen molar-refractivity contribution in [1.82, 2.24) is 19.5 Å². The molecule has 0 atom stereocenters. The average molecular weight is 282 g/mol. The van der Waals surface area contributed by atoms with Gasteiger partial charge in [-0.2, -0.15) is 4.98 Å². The summed E-state index contributed by atoms with van der Waals surface area (Å²) >= 11 is 5.98. The molecule has 0 aliphatic heterocycles. The van der Waals surface area contributed by atoms with Crippen molar-refractivity contribution in [2.75, 3.05) is 17.3 Å². The van der Waals surface area contributed by atoms with Gasteiger partial charge in [-0.3, -0.25) is 5.43 Å². The minimum absolute atomic E-state index is 0.338. The van der Waals surface area contributed by atoms with Crippen molar-refractivity contribution < 1.29 is 0 Å². The predicted molar refractivity (Wildman–Crippen MR) is 74.8 cm³/mol. The van der Waals surface area contributed by atoms with Gasteiger partial charge in [0.05, 0.1) is 12.5 Å². The van der Waals surface area contributed by atoms with Crippen molar-refractivity contribution in [2.45, 2.75) is 19.4 Å². The smallest absolute Gasteiger partial charge is 0.239 e. The van der Waals surface area contributed by atoms with Gasteiger partial charge < -0.3 is 9.88 Å². The minimum atomic E-state index is 0.338. The van der Waals surface area contributed by atoms with Crippen LogP contribution >= 0.6 is 11.6 Å². The third-order valence-electron chi connectivity index (χ3n) is 2.57. The summed E-state index contributed by atoms with van der Waals surface area (Å²) in [5, 5.41) is 3.64. The Bertz CT molecular complexity index is 500. The first-order valence-electron chi connectivity index (χ1n) is 5.98. The number of hydrogen-bond donors (Lipinski definition) is 3. The van der Waals surface area contributed by atoms with Crippen molar-refractivity contribution in [2.24, 2.45) is 5.84 Å². The van der Waals surface area contributed by atoms with Gasteiger partial charge in [-0.15, -0.1) is 0 Å². The highest BCUT2D eigenvalue weighted by molar-refractivity contribution is 6.32. The number of aromatic nitrogens is 4. The number of nitrogens with two attached hydrogens (primary N) is 1. The average Bonchev–Trinajstić information content (AvgIpc) is 2.93. The fourth-order valence-corrected chi connectivity index (χ4v) is 1.76. The molecule has 4 N–H and O–H groups in total. The Morgan fingerprint density at radius 1 is 1.37 bits per heavy atom. The van der Waals surface area contributed by atoms with Gasteiger partial charge in [0.25, 0.3) is 0 Å². The molecular formula is C11H16ClN7. The molecule has 2 rings (SSSR count). The largest absolute Gasteiger partial charge is 0.369 e. The van der Waals surface area contributed by atoms with Gasteiger partial charge in [0.15, 0.2) is 5.82 Å². The molecule has 2 aromatic rings. The van der Waals surface area contributed by atoms with Gasteiger partial charge in [-0.05, 0) is 12.8 Å². The van der Waals surface area contributed by atoms with E-state index in [0.717, 1.165) is 25.9 Å². The Balaban J connectivity index is 1.73. The van der Waals surface area contributed by atoms with Crippen LogP contribution in [0.3, 0.4) is 0 Å². The van der Waals surface area contributed by atoms with Gasteiger partial charge in [0.2, 0.25) is 5.95 Å². The first kappa shape index (κ1) is 13.6. The second-order valence-corrected chi connectivity index (χ2v) is 4.38. The highest BCUT2D eigenvalue weighted by Crippen LogP contribution is 2.18. The summed E-state index contributed by atoms with van der Waals surface area (Å²) in [4.78, 5) is 12.0. The first-order valence-corrected chi connectivity index (χ1v) is 6.36. The van der Waals surface area contributed by atoms with Gasteiger partial charge in [-0.1, -0.05) is 11.6 Å². The molecule has 2 aromatic heterocycles. The maximum atomic E-state index is 5.98. The highest BCUT2D eigenvalue weighted by atomic mass is 35.5. The van der Waals surface area contributed by atoms with Crippen LogP contribution in [0.4, 0.5) is 11.8 Å². The summed E-state index contributed by atoms with van der Waals surface area (Å²) in [6.45, 7) is 1.74. The van der Waals surface area contributed by atoms with Crippen molar-refractivity contribution in [3.63, 3.8) is 0 Å². The Morgan fingerprint density at radius 3 is 3.00 bits per heavy atom. The van der Waals surface area contributed by atoms with Gasteiger partial charge in [-0.25, -0.2) is 15.8 Å². The molecule has 0 unspecified atom stereocenters. The number of aryl methyl sites for hydroxylation is 1. The Morgan fingerprint density at radius 2 is 2.26 bits per heavy atom. The van der Waals surface area contributed by atoms with Crippen LogP contribution in [-0.4, -0.2) is 26.1 Å². The van der Waals surface area contributed by atoms with Gasteiger partial charge >= 0.3 is 0 Å². The number of unbranched alkanes of at least 4 members (excludes halogenated alkanes) is 1. The molecule has 0 aliphatic rings. The molecule has 0 saturated heterocycles. The SMILES string of the molecule is NNc1ncc(Cl)c(NCCCCn2ccnc2)n1. The topological polar surface area (TPSA) is 93.7 Å². The van der Waals surface area contributed by atoms with Crippen molar-refractivity contribution >= 4 is 23.4 Å². The molecule has 0 spiro atoms. The molecule has 0 aliphatic carbocycles. The lowest BCUT2D eigenvalue weighted by Crippen LogP contribution is -2.12. The fraction of sp³-hybridized carbons (Fsp3) is 0.364. The maximum absolute atomic E-state index is 5.98. The van der Waals surface area contributed by atoms with E-state index < -0.39 is 0 Å². The lowest BCUT2D eigenvalue weighted by atomic mass is 10.3. The summed E-state index contributed by atoms with van der Waals surface area (Å²) in [6, 6.07) is 0. The normalized spacial score (nSPS) is 10.4. The van der Waals surface area contributed by atoms with Crippen molar-refractivity contribution in [1.29, 1.82) is 0 Å². The minimum Gasteiger partial charge on any atom is -0.369 e. The molecule has 0 fully saturated rings. The number of nitrogens with one attached hydrogen (secondary N) is 2. The quantitative estimate of drug-likeness (QED) is 0.405. The summed E-state index contributed by atoms with van der Waals surface area (Å²) in [7, 11) is 0. The van der Waals surface area contributed by atoms with Gasteiger partial charge in [0.1, 0.15) is 5.02 Å². The van der Waals surface area contributed by atoms with E-state index in [0.29, 0.717) is 16.8 Å². The van der Waals surface area contributed by atoms with E-state index in [2.05, 4.69) is 25.7 Å². The van der Waals surface area contributed by atoms with E-state index in [4.69, 9.17) is 17.4 Å². The molecule has 0 saturated carbocycles. The summed E-state index contributed by atoms with van der Waals surface area (Å²) in [6.07, 6.45) is 9.11. The van der Waals surface area contributed by atoms with Crippen LogP contribution in [0.25, 0.3) is 0 Å². The number of halogens is 1. The third-order valence-corrected chi connectivity index (χ3v) is 2.84. The van der Waals surface area contributed by atoms with Crippen LogP contribution in [0.5, 0.6) is 0 Å². The Kier molecular flexibility index (Phi) is 4.93. The first-order chi connectivity index (χ1) is 9.29. The van der Waals surface area contributed by atoms with E-state index in [9.17, 15) is 0 Å². The van der Waals surface area contributed by atoms with E-state index in [1.165, 1.54) is 6.20 Å². The zero-order valence-corrected chi connectivity index (χ0v) is 11.1. The number of rotatable bonds is 7. The second-order valence-electron chi connectivity index (χ2n) is 3.97. The van der Waals surface area contributed by atoms with Crippen LogP contribution in [0, 0.1) is 0 Å². The van der Waals surface area contributed by atoms with Crippen LogP contribution in [0.1, 0.15) is 12.8 Å². The Labute approximate surface area is 116 Å². The predicted octanol–water partition coefficient (Wildman–Crippen LogP) is 1.50. The Hall–Kier alpha value is -1.86. The van der Waals surface area contributed by atoms with E-state index in [1.807, 2.05) is 17.1 Å². The summed E-state index contributed by atoms with van der Waals surface area (Å²) < 4.78 is 2.05. The molecule has 2 heterocycles. The molecule has 8 heteroatoms. The van der Waals surface area contributed by atoms with E-state index in [-0.39, 0.29) is 0 Å².